The first-order valence-corrected chi connectivity index (χ1v) is 6.92. The number of nitrogens with one attached hydrogen (secondary N) is 1. The van der Waals surface area contributed by atoms with E-state index in [4.69, 9.17) is 5.26 Å². The second-order valence-electron chi connectivity index (χ2n) is 4.92. The van der Waals surface area contributed by atoms with Crippen LogP contribution >= 0.6 is 0 Å². The Morgan fingerprint density at radius 1 is 1.13 bits per heavy atom. The summed E-state index contributed by atoms with van der Waals surface area (Å²) >= 11 is 0. The predicted molar refractivity (Wildman–Crippen MR) is 86.1 cm³/mol. The average molecular weight is 303 g/mol. The van der Waals surface area contributed by atoms with Crippen LogP contribution in [0.25, 0.3) is 11.3 Å². The average Bonchev–Trinajstić information content (AvgIpc) is 2.58. The molecule has 1 aromatic carbocycles. The molecule has 0 radical (unpaired) electrons. The first kappa shape index (κ1) is 14.5. The zero-order valence-electron chi connectivity index (χ0n) is 12.4. The van der Waals surface area contributed by atoms with Gasteiger partial charge in [-0.2, -0.15) is 5.26 Å². The molecule has 3 aromatic rings. The molecule has 112 valence electrons. The first-order chi connectivity index (χ1) is 11.2. The maximum absolute atomic E-state index is 9.58. The fourth-order valence-corrected chi connectivity index (χ4v) is 2.04. The topological polar surface area (TPSA) is 94.7 Å². The lowest BCUT2D eigenvalue weighted by Gasteiger charge is -2.07. The van der Waals surface area contributed by atoms with Crippen molar-refractivity contribution in [3.05, 3.63) is 60.0 Å². The van der Waals surface area contributed by atoms with Crippen LogP contribution < -0.4 is 5.32 Å². The summed E-state index contributed by atoms with van der Waals surface area (Å²) < 4.78 is 0. The first-order valence-electron chi connectivity index (χ1n) is 6.92. The molecule has 6 heteroatoms. The van der Waals surface area contributed by atoms with E-state index in [2.05, 4.69) is 20.3 Å². The molecule has 2 aromatic heterocycles. The van der Waals surface area contributed by atoms with Gasteiger partial charge in [0.05, 0.1) is 23.1 Å². The smallest absolute Gasteiger partial charge is 0.227 e. The molecule has 23 heavy (non-hydrogen) atoms. The van der Waals surface area contributed by atoms with Crippen molar-refractivity contribution >= 4 is 11.6 Å². The number of aryl methyl sites for hydroxylation is 1. The Labute approximate surface area is 133 Å². The second kappa shape index (κ2) is 6.12. The molecule has 0 unspecified atom stereocenters. The van der Waals surface area contributed by atoms with Crippen LogP contribution in [-0.2, 0) is 0 Å². The van der Waals surface area contributed by atoms with Crippen LogP contribution in [0.3, 0.4) is 0 Å². The molecule has 3 rings (SSSR count). The minimum Gasteiger partial charge on any atom is -0.507 e. The molecule has 2 N–H and O–H groups in total. The number of hydrogen-bond acceptors (Lipinski definition) is 6. The van der Waals surface area contributed by atoms with Gasteiger partial charge in [-0.15, -0.1) is 0 Å². The summed E-state index contributed by atoms with van der Waals surface area (Å²) in [6.07, 6.45) is 3.34. The fourth-order valence-electron chi connectivity index (χ4n) is 2.04. The Kier molecular flexibility index (Phi) is 3.85. The van der Waals surface area contributed by atoms with Crippen LogP contribution in [0.4, 0.5) is 11.6 Å². The van der Waals surface area contributed by atoms with Crippen LogP contribution in [0.2, 0.25) is 0 Å². The summed E-state index contributed by atoms with van der Waals surface area (Å²) in [6.45, 7) is 1.92. The van der Waals surface area contributed by atoms with E-state index in [1.165, 1.54) is 6.07 Å². The highest BCUT2D eigenvalue weighted by molar-refractivity contribution is 5.65. The molecule has 0 aliphatic heterocycles. The Bertz CT molecular complexity index is 884. The van der Waals surface area contributed by atoms with E-state index in [1.807, 2.05) is 25.1 Å². The number of nitrogens with zero attached hydrogens (tertiary/aromatic N) is 4. The van der Waals surface area contributed by atoms with Gasteiger partial charge >= 0.3 is 0 Å². The van der Waals surface area contributed by atoms with Crippen LogP contribution in [0.15, 0.2) is 48.8 Å². The van der Waals surface area contributed by atoms with E-state index < -0.39 is 0 Å². The number of aromatic hydroxyl groups is 1. The molecular weight excluding hydrogens is 290 g/mol. The SMILES string of the molecule is Cc1ccc(Nc2nccc(-c3ccc(O)c(C#N)c3)n2)cn1. The van der Waals surface area contributed by atoms with Gasteiger partial charge in [0, 0.05) is 17.5 Å². The molecule has 6 nitrogen and oxygen atoms in total. The van der Waals surface area contributed by atoms with Crippen molar-refractivity contribution in [1.82, 2.24) is 15.0 Å². The van der Waals surface area contributed by atoms with E-state index in [1.54, 1.807) is 30.6 Å². The number of aromatic nitrogens is 3. The molecule has 2 heterocycles. The number of benzene rings is 1. The summed E-state index contributed by atoms with van der Waals surface area (Å²) in [5, 5.41) is 21.7. The predicted octanol–water partition coefficient (Wildman–Crippen LogP) is 3.17. The molecule has 0 spiro atoms. The van der Waals surface area contributed by atoms with Crippen molar-refractivity contribution in [2.24, 2.45) is 0 Å². The van der Waals surface area contributed by atoms with Crippen LogP contribution in [0, 0.1) is 18.3 Å². The van der Waals surface area contributed by atoms with Gasteiger partial charge in [-0.1, -0.05) is 0 Å². The summed E-state index contributed by atoms with van der Waals surface area (Å²) in [6, 6.07) is 12.3. The minimum absolute atomic E-state index is 0.0469. The van der Waals surface area contributed by atoms with Crippen molar-refractivity contribution in [1.29, 1.82) is 5.26 Å². The van der Waals surface area contributed by atoms with Gasteiger partial charge in [0.2, 0.25) is 5.95 Å². The third-order valence-corrected chi connectivity index (χ3v) is 3.24. The Balaban J connectivity index is 1.91. The van der Waals surface area contributed by atoms with Crippen molar-refractivity contribution in [2.45, 2.75) is 6.92 Å². The van der Waals surface area contributed by atoms with Crippen molar-refractivity contribution in [3.63, 3.8) is 0 Å². The molecule has 0 amide bonds. The van der Waals surface area contributed by atoms with Gasteiger partial charge < -0.3 is 10.4 Å². The standard InChI is InChI=1S/C17H13N5O/c1-11-2-4-14(10-20-11)21-17-19-7-6-15(22-17)12-3-5-16(23)13(8-12)9-18/h2-8,10,23H,1H3,(H,19,21,22). The minimum atomic E-state index is -0.0469. The summed E-state index contributed by atoms with van der Waals surface area (Å²) in [5.74, 6) is 0.383. The highest BCUT2D eigenvalue weighted by atomic mass is 16.3. The number of pyridine rings is 1. The van der Waals surface area contributed by atoms with Crippen molar-refractivity contribution in [3.8, 4) is 23.1 Å². The van der Waals surface area contributed by atoms with Crippen molar-refractivity contribution < 1.29 is 5.11 Å². The zero-order valence-corrected chi connectivity index (χ0v) is 12.4. The monoisotopic (exact) mass is 303 g/mol. The molecule has 0 aliphatic rings. The third-order valence-electron chi connectivity index (χ3n) is 3.24. The maximum Gasteiger partial charge on any atom is 0.227 e. The molecule has 0 aliphatic carbocycles. The lowest BCUT2D eigenvalue weighted by atomic mass is 10.1. The molecule has 0 bridgehead atoms. The van der Waals surface area contributed by atoms with Gasteiger partial charge in [0.15, 0.2) is 0 Å². The van der Waals surface area contributed by atoms with Gasteiger partial charge in [-0.05, 0) is 43.3 Å². The van der Waals surface area contributed by atoms with E-state index >= 15 is 0 Å². The van der Waals surface area contributed by atoms with Crippen LogP contribution in [-0.4, -0.2) is 20.1 Å². The largest absolute Gasteiger partial charge is 0.507 e. The lowest BCUT2D eigenvalue weighted by Crippen LogP contribution is -1.98. The summed E-state index contributed by atoms with van der Waals surface area (Å²) in [4.78, 5) is 12.8. The normalized spacial score (nSPS) is 10.1. The number of phenolic OH excluding ortho intramolecular Hbond substituents is 1. The molecule has 0 saturated heterocycles. The molecule has 0 fully saturated rings. The fraction of sp³-hybridized carbons (Fsp3) is 0.0588. The Hall–Kier alpha value is -3.46. The Morgan fingerprint density at radius 3 is 2.74 bits per heavy atom. The highest BCUT2D eigenvalue weighted by Crippen LogP contribution is 2.25. The van der Waals surface area contributed by atoms with Gasteiger partial charge in [0.1, 0.15) is 11.8 Å². The number of hydrogen-bond donors (Lipinski definition) is 2. The van der Waals surface area contributed by atoms with E-state index in [9.17, 15) is 5.11 Å². The van der Waals surface area contributed by atoms with E-state index in [0.717, 1.165) is 16.9 Å². The maximum atomic E-state index is 9.58. The molecular formula is C17H13N5O. The highest BCUT2D eigenvalue weighted by Gasteiger charge is 2.07. The van der Waals surface area contributed by atoms with Gasteiger partial charge in [0.25, 0.3) is 0 Å². The lowest BCUT2D eigenvalue weighted by molar-refractivity contribution is 0.473. The van der Waals surface area contributed by atoms with Gasteiger partial charge in [-0.25, -0.2) is 9.97 Å². The van der Waals surface area contributed by atoms with Gasteiger partial charge in [-0.3, -0.25) is 4.98 Å². The zero-order chi connectivity index (χ0) is 16.2. The van der Waals surface area contributed by atoms with E-state index in [-0.39, 0.29) is 11.3 Å². The molecule has 0 saturated carbocycles. The quantitative estimate of drug-likeness (QED) is 0.771. The third kappa shape index (κ3) is 3.24. The van der Waals surface area contributed by atoms with Crippen LogP contribution in [0.1, 0.15) is 11.3 Å². The summed E-state index contributed by atoms with van der Waals surface area (Å²) in [5.41, 5.74) is 3.30. The number of phenols is 1. The summed E-state index contributed by atoms with van der Waals surface area (Å²) in [7, 11) is 0. The van der Waals surface area contributed by atoms with Crippen molar-refractivity contribution in [2.75, 3.05) is 5.32 Å². The number of anilines is 2. The van der Waals surface area contributed by atoms with Crippen LogP contribution in [0.5, 0.6) is 5.75 Å². The molecule has 0 atom stereocenters. The number of nitriles is 1. The number of rotatable bonds is 3. The second-order valence-corrected chi connectivity index (χ2v) is 4.92. The Morgan fingerprint density at radius 2 is 2.00 bits per heavy atom. The van der Waals surface area contributed by atoms with E-state index in [0.29, 0.717) is 11.6 Å².